The first-order valence-electron chi connectivity index (χ1n) is 14.4. The van der Waals surface area contributed by atoms with Crippen LogP contribution in [0.15, 0.2) is 48.5 Å². The van der Waals surface area contributed by atoms with Gasteiger partial charge in [-0.1, -0.05) is 51.1 Å². The molecule has 2 aromatic carbocycles. The Balaban J connectivity index is 1.58. The third kappa shape index (κ3) is 7.29. The lowest BCUT2D eigenvalue weighted by Gasteiger charge is -2.38. The maximum Gasteiger partial charge on any atom is 0.242 e. The molecule has 0 aromatic heterocycles. The van der Waals surface area contributed by atoms with Gasteiger partial charge >= 0.3 is 0 Å². The van der Waals surface area contributed by atoms with Gasteiger partial charge in [0, 0.05) is 38.8 Å². The highest BCUT2D eigenvalue weighted by atomic mass is 19.1. The van der Waals surface area contributed by atoms with Gasteiger partial charge in [-0.2, -0.15) is 0 Å². The van der Waals surface area contributed by atoms with Crippen LogP contribution in [0.25, 0.3) is 0 Å². The van der Waals surface area contributed by atoms with E-state index in [1.807, 2.05) is 51.1 Å². The van der Waals surface area contributed by atoms with Crippen molar-refractivity contribution in [2.75, 3.05) is 26.2 Å². The van der Waals surface area contributed by atoms with Gasteiger partial charge in [0.1, 0.15) is 17.7 Å². The number of nitrogens with zero attached hydrogens (tertiary/aromatic N) is 2. The number of likely N-dealkylation sites (tertiary alicyclic amines) is 1. The molecule has 0 aliphatic carbocycles. The Hall–Kier alpha value is -3.37. The standard InChI is InChI=1S/C31H40F2N4O4/c1-4-11-36-18-24(26(19(2)3)30(36)40)29(39)35-25(15-21-13-22(32)16-23(33)14-21)28(38)27-31(41)37(12-10-34-27)17-20-8-6-5-7-9-20/h5-9,13-14,16,19,24-28,34,38H,4,10-12,15,17-18H2,1-3H3,(H,35,39)/t24?,25-,26?,27-,28-/m0/s1. The number of carbonyl (C=O) groups is 3. The van der Waals surface area contributed by atoms with Crippen molar-refractivity contribution in [3.8, 4) is 0 Å². The van der Waals surface area contributed by atoms with Gasteiger partial charge < -0.3 is 25.5 Å². The van der Waals surface area contributed by atoms with E-state index in [-0.39, 0.29) is 36.3 Å². The molecule has 0 saturated carbocycles. The Bertz CT molecular complexity index is 1210. The summed E-state index contributed by atoms with van der Waals surface area (Å²) in [6, 6.07) is 10.4. The topological polar surface area (TPSA) is 102 Å². The van der Waals surface area contributed by atoms with Crippen molar-refractivity contribution in [2.45, 2.75) is 58.3 Å². The van der Waals surface area contributed by atoms with E-state index in [4.69, 9.17) is 0 Å². The number of piperazine rings is 1. The second-order valence-electron chi connectivity index (χ2n) is 11.4. The van der Waals surface area contributed by atoms with Crippen LogP contribution in [0.1, 0.15) is 38.3 Å². The molecule has 0 radical (unpaired) electrons. The number of hydrogen-bond acceptors (Lipinski definition) is 5. The smallest absolute Gasteiger partial charge is 0.242 e. The van der Waals surface area contributed by atoms with Crippen molar-refractivity contribution < 1.29 is 28.3 Å². The highest BCUT2D eigenvalue weighted by Gasteiger charge is 2.46. The summed E-state index contributed by atoms with van der Waals surface area (Å²) < 4.78 is 28.1. The quantitative estimate of drug-likeness (QED) is 0.386. The van der Waals surface area contributed by atoms with E-state index in [1.54, 1.807) is 9.80 Å². The summed E-state index contributed by atoms with van der Waals surface area (Å²) in [5, 5.41) is 17.5. The monoisotopic (exact) mass is 570 g/mol. The molecule has 10 heteroatoms. The van der Waals surface area contributed by atoms with Crippen LogP contribution >= 0.6 is 0 Å². The number of amides is 3. The van der Waals surface area contributed by atoms with Crippen LogP contribution in [0.5, 0.6) is 0 Å². The number of aliphatic hydroxyl groups is 1. The average molecular weight is 571 g/mol. The molecule has 2 fully saturated rings. The fourth-order valence-corrected chi connectivity index (χ4v) is 6.03. The van der Waals surface area contributed by atoms with Gasteiger partial charge in [0.15, 0.2) is 0 Å². The minimum atomic E-state index is -1.40. The molecule has 41 heavy (non-hydrogen) atoms. The number of rotatable bonds is 11. The lowest BCUT2D eigenvalue weighted by Crippen LogP contribution is -2.64. The van der Waals surface area contributed by atoms with Gasteiger partial charge in [-0.05, 0) is 42.0 Å². The van der Waals surface area contributed by atoms with Crippen LogP contribution in [0.2, 0.25) is 0 Å². The largest absolute Gasteiger partial charge is 0.389 e. The van der Waals surface area contributed by atoms with E-state index < -0.39 is 47.6 Å². The highest BCUT2D eigenvalue weighted by Crippen LogP contribution is 2.32. The summed E-state index contributed by atoms with van der Waals surface area (Å²) in [5.41, 5.74) is 1.17. The van der Waals surface area contributed by atoms with E-state index in [9.17, 15) is 28.3 Å². The van der Waals surface area contributed by atoms with Gasteiger partial charge in [0.25, 0.3) is 0 Å². The summed E-state index contributed by atoms with van der Waals surface area (Å²) >= 11 is 0. The zero-order chi connectivity index (χ0) is 29.7. The Morgan fingerprint density at radius 1 is 1.05 bits per heavy atom. The Morgan fingerprint density at radius 3 is 2.37 bits per heavy atom. The van der Waals surface area contributed by atoms with Crippen LogP contribution in [0, 0.1) is 29.4 Å². The fraction of sp³-hybridized carbons (Fsp3) is 0.516. The van der Waals surface area contributed by atoms with Crippen molar-refractivity contribution in [3.05, 3.63) is 71.3 Å². The van der Waals surface area contributed by atoms with E-state index >= 15 is 0 Å². The minimum absolute atomic E-state index is 0.0769. The van der Waals surface area contributed by atoms with Crippen molar-refractivity contribution in [1.82, 2.24) is 20.4 Å². The van der Waals surface area contributed by atoms with Gasteiger partial charge in [0.2, 0.25) is 17.7 Å². The van der Waals surface area contributed by atoms with Gasteiger partial charge in [0.05, 0.1) is 24.0 Å². The average Bonchev–Trinajstić information content (AvgIpc) is 3.25. The Morgan fingerprint density at radius 2 is 1.73 bits per heavy atom. The molecule has 2 aliphatic heterocycles. The highest BCUT2D eigenvalue weighted by molar-refractivity contribution is 5.91. The van der Waals surface area contributed by atoms with Crippen molar-refractivity contribution in [1.29, 1.82) is 0 Å². The molecular weight excluding hydrogens is 530 g/mol. The van der Waals surface area contributed by atoms with Crippen molar-refractivity contribution in [3.63, 3.8) is 0 Å². The predicted octanol–water partition coefficient (Wildman–Crippen LogP) is 2.49. The molecule has 2 heterocycles. The lowest BCUT2D eigenvalue weighted by atomic mass is 9.84. The molecule has 0 bridgehead atoms. The third-order valence-electron chi connectivity index (χ3n) is 8.00. The maximum absolute atomic E-state index is 14.1. The molecular formula is C31H40F2N4O4. The number of carbonyl (C=O) groups excluding carboxylic acids is 3. The van der Waals surface area contributed by atoms with E-state index in [1.165, 1.54) is 0 Å². The molecule has 2 saturated heterocycles. The second kappa shape index (κ2) is 13.5. The molecule has 4 rings (SSSR count). The summed E-state index contributed by atoms with van der Waals surface area (Å²) in [6.45, 7) is 7.78. The predicted molar refractivity (Wildman–Crippen MR) is 150 cm³/mol. The first-order valence-corrected chi connectivity index (χ1v) is 14.4. The van der Waals surface area contributed by atoms with Gasteiger partial charge in [-0.25, -0.2) is 8.78 Å². The Labute approximate surface area is 240 Å². The molecule has 2 aliphatic rings. The second-order valence-corrected chi connectivity index (χ2v) is 11.4. The number of halogens is 2. The molecule has 0 spiro atoms. The van der Waals surface area contributed by atoms with Crippen molar-refractivity contribution >= 4 is 17.7 Å². The molecule has 3 amide bonds. The third-order valence-corrected chi connectivity index (χ3v) is 8.00. The van der Waals surface area contributed by atoms with Crippen LogP contribution in [-0.4, -0.2) is 77.0 Å². The zero-order valence-electron chi connectivity index (χ0n) is 23.9. The molecule has 5 atom stereocenters. The van der Waals surface area contributed by atoms with Crippen LogP contribution in [0.4, 0.5) is 8.78 Å². The zero-order valence-corrected chi connectivity index (χ0v) is 23.9. The number of aliphatic hydroxyl groups excluding tert-OH is 1. The summed E-state index contributed by atoms with van der Waals surface area (Å²) in [6.07, 6.45) is -0.762. The van der Waals surface area contributed by atoms with E-state index in [2.05, 4.69) is 10.6 Å². The lowest BCUT2D eigenvalue weighted by molar-refractivity contribution is -0.141. The summed E-state index contributed by atoms with van der Waals surface area (Å²) in [4.78, 5) is 43.6. The van der Waals surface area contributed by atoms with Crippen molar-refractivity contribution in [2.24, 2.45) is 17.8 Å². The fourth-order valence-electron chi connectivity index (χ4n) is 6.03. The maximum atomic E-state index is 14.1. The van der Waals surface area contributed by atoms with Crippen LogP contribution in [-0.2, 0) is 27.3 Å². The summed E-state index contributed by atoms with van der Waals surface area (Å²) in [7, 11) is 0. The molecule has 2 unspecified atom stereocenters. The minimum Gasteiger partial charge on any atom is -0.389 e. The van der Waals surface area contributed by atoms with Gasteiger partial charge in [-0.15, -0.1) is 0 Å². The number of nitrogens with one attached hydrogen (secondary N) is 2. The molecule has 3 N–H and O–H groups in total. The van der Waals surface area contributed by atoms with Crippen LogP contribution in [0.3, 0.4) is 0 Å². The first-order chi connectivity index (χ1) is 19.6. The summed E-state index contributed by atoms with van der Waals surface area (Å²) in [5.74, 6) is -3.67. The molecule has 8 nitrogen and oxygen atoms in total. The Kier molecular flexibility index (Phi) is 10.1. The van der Waals surface area contributed by atoms with Gasteiger partial charge in [-0.3, -0.25) is 14.4 Å². The SMILES string of the molecule is CCCN1CC(C(=O)N[C@@H](Cc2cc(F)cc(F)c2)[C@H](O)[C@@H]2NCCN(Cc3ccccc3)C2=O)C(C(C)C)C1=O. The molecule has 222 valence electrons. The molecule has 2 aromatic rings. The number of hydrogen-bond donors (Lipinski definition) is 3. The van der Waals surface area contributed by atoms with E-state index in [0.717, 1.165) is 30.2 Å². The van der Waals surface area contributed by atoms with E-state index in [0.29, 0.717) is 26.2 Å². The normalized spacial score (nSPS) is 22.8. The first kappa shape index (κ1) is 30.6. The van der Waals surface area contributed by atoms with Crippen LogP contribution < -0.4 is 10.6 Å². The number of benzene rings is 2.